The molecule has 0 fully saturated rings. The molecule has 1 atom stereocenters. The zero-order valence-electron chi connectivity index (χ0n) is 20.2. The summed E-state index contributed by atoms with van der Waals surface area (Å²) in [6.45, 7) is 7.19. The normalized spacial score (nSPS) is 15.9. The highest BCUT2D eigenvalue weighted by molar-refractivity contribution is 7.89. The molecule has 1 aliphatic heterocycles. The Morgan fingerprint density at radius 3 is 2.32 bits per heavy atom. The molecule has 184 valence electrons. The number of nitrogens with one attached hydrogen (secondary N) is 1. The van der Waals surface area contributed by atoms with Crippen LogP contribution in [0, 0.1) is 0 Å². The van der Waals surface area contributed by atoms with Crippen LogP contribution in [0.25, 0.3) is 0 Å². The van der Waals surface area contributed by atoms with Gasteiger partial charge in [0, 0.05) is 37.4 Å². The molecule has 1 heterocycles. The highest BCUT2D eigenvalue weighted by Gasteiger charge is 2.31. The third kappa shape index (κ3) is 5.40. The van der Waals surface area contributed by atoms with Crippen molar-refractivity contribution < 1.29 is 22.7 Å². The fourth-order valence-electron chi connectivity index (χ4n) is 3.71. The van der Waals surface area contributed by atoms with Crippen LogP contribution >= 0.6 is 0 Å². The van der Waals surface area contributed by atoms with E-state index in [-0.39, 0.29) is 16.7 Å². The van der Waals surface area contributed by atoms with E-state index in [1.807, 2.05) is 19.0 Å². The molecule has 3 rings (SSSR count). The van der Waals surface area contributed by atoms with E-state index in [0.717, 1.165) is 0 Å². The van der Waals surface area contributed by atoms with Crippen molar-refractivity contribution >= 4 is 33.2 Å². The van der Waals surface area contributed by atoms with Gasteiger partial charge in [-0.1, -0.05) is 13.8 Å². The SMILES string of the molecule is CCN(CC)S(=O)(=O)c1ccc(C(=O)Nc2ccc3c(c2)N(CCN(C)C)C(=O)C(C)O3)cc1. The molecule has 9 nitrogen and oxygen atoms in total. The van der Waals surface area contributed by atoms with Gasteiger partial charge in [0.25, 0.3) is 11.8 Å². The zero-order valence-corrected chi connectivity index (χ0v) is 21.1. The summed E-state index contributed by atoms with van der Waals surface area (Å²) in [7, 11) is 0.276. The molecule has 2 aromatic carbocycles. The lowest BCUT2D eigenvalue weighted by Gasteiger charge is -2.34. The Morgan fingerprint density at radius 2 is 1.74 bits per heavy atom. The molecule has 1 N–H and O–H groups in total. The van der Waals surface area contributed by atoms with Gasteiger partial charge in [0.2, 0.25) is 10.0 Å². The summed E-state index contributed by atoms with van der Waals surface area (Å²) in [4.78, 5) is 29.3. The number of ether oxygens (including phenoxy) is 1. The number of nitrogens with zero attached hydrogens (tertiary/aromatic N) is 3. The lowest BCUT2D eigenvalue weighted by molar-refractivity contribution is -0.125. The van der Waals surface area contributed by atoms with Gasteiger partial charge in [-0.15, -0.1) is 0 Å². The van der Waals surface area contributed by atoms with E-state index in [2.05, 4.69) is 5.32 Å². The molecular weight excluding hydrogens is 456 g/mol. The minimum absolute atomic E-state index is 0.136. The van der Waals surface area contributed by atoms with E-state index in [0.29, 0.717) is 48.9 Å². The first kappa shape index (κ1) is 25.7. The van der Waals surface area contributed by atoms with Crippen molar-refractivity contribution in [1.29, 1.82) is 0 Å². The molecule has 10 heteroatoms. The van der Waals surface area contributed by atoms with E-state index in [1.54, 1.807) is 43.9 Å². The van der Waals surface area contributed by atoms with Crippen LogP contribution in [0.2, 0.25) is 0 Å². The summed E-state index contributed by atoms with van der Waals surface area (Å²) < 4.78 is 32.4. The zero-order chi connectivity index (χ0) is 25.0. The molecular formula is C24H32N4O5S. The number of likely N-dealkylation sites (N-methyl/N-ethyl adjacent to an activating group) is 1. The number of rotatable bonds is 9. The summed E-state index contributed by atoms with van der Waals surface area (Å²) >= 11 is 0. The predicted molar refractivity (Wildman–Crippen MR) is 132 cm³/mol. The van der Waals surface area contributed by atoms with Crippen LogP contribution in [0.3, 0.4) is 0 Å². The lowest BCUT2D eigenvalue weighted by Crippen LogP contribution is -2.46. The molecule has 2 aromatic rings. The Bertz CT molecular complexity index is 1140. The maximum atomic E-state index is 12.8. The molecule has 2 amide bonds. The number of amides is 2. The minimum atomic E-state index is -3.59. The van der Waals surface area contributed by atoms with Gasteiger partial charge in [-0.2, -0.15) is 4.31 Å². The minimum Gasteiger partial charge on any atom is -0.479 e. The quantitative estimate of drug-likeness (QED) is 0.583. The molecule has 0 saturated heterocycles. The van der Waals surface area contributed by atoms with Crippen LogP contribution in [0.1, 0.15) is 31.1 Å². The number of sulfonamides is 1. The second kappa shape index (κ2) is 10.5. The largest absolute Gasteiger partial charge is 0.479 e. The number of fused-ring (bicyclic) bond motifs is 1. The number of carbonyl (C=O) groups is 2. The number of benzene rings is 2. The fraction of sp³-hybridized carbons (Fsp3) is 0.417. The molecule has 0 radical (unpaired) electrons. The van der Waals surface area contributed by atoms with Gasteiger partial charge in [-0.05, 0) is 63.5 Å². The number of hydrogen-bond donors (Lipinski definition) is 1. The van der Waals surface area contributed by atoms with Crippen LogP contribution in [-0.4, -0.2) is 75.8 Å². The highest BCUT2D eigenvalue weighted by Crippen LogP contribution is 2.36. The summed E-state index contributed by atoms with van der Waals surface area (Å²) in [6.07, 6.45) is -0.582. The summed E-state index contributed by atoms with van der Waals surface area (Å²) in [6, 6.07) is 11.0. The Balaban J connectivity index is 1.80. The summed E-state index contributed by atoms with van der Waals surface area (Å²) in [5.41, 5.74) is 1.43. The van der Waals surface area contributed by atoms with Crippen LogP contribution in [-0.2, 0) is 14.8 Å². The Kier molecular flexibility index (Phi) is 7.96. The molecule has 1 unspecified atom stereocenters. The van der Waals surface area contributed by atoms with Crippen LogP contribution in [0.15, 0.2) is 47.4 Å². The van der Waals surface area contributed by atoms with Gasteiger partial charge in [-0.3, -0.25) is 9.59 Å². The maximum Gasteiger partial charge on any atom is 0.267 e. The van der Waals surface area contributed by atoms with E-state index in [9.17, 15) is 18.0 Å². The van der Waals surface area contributed by atoms with E-state index < -0.39 is 16.1 Å². The average Bonchev–Trinajstić information content (AvgIpc) is 2.80. The predicted octanol–water partition coefficient (Wildman–Crippen LogP) is 2.64. The van der Waals surface area contributed by atoms with Gasteiger partial charge < -0.3 is 19.9 Å². The van der Waals surface area contributed by atoms with Crippen molar-refractivity contribution in [2.75, 3.05) is 50.5 Å². The van der Waals surface area contributed by atoms with Crippen molar-refractivity contribution in [3.8, 4) is 5.75 Å². The topological polar surface area (TPSA) is 99.3 Å². The standard InChI is InChI=1S/C24H32N4O5S/c1-6-27(7-2)34(31,32)20-11-8-18(9-12-20)23(29)25-19-10-13-22-21(16-19)28(15-14-26(4)5)24(30)17(3)33-22/h8-13,16-17H,6-7,14-15H2,1-5H3,(H,25,29). The van der Waals surface area contributed by atoms with Gasteiger partial charge in [0.05, 0.1) is 10.6 Å². The van der Waals surface area contributed by atoms with Crippen molar-refractivity contribution in [2.45, 2.75) is 31.8 Å². The molecule has 34 heavy (non-hydrogen) atoms. The number of anilines is 2. The first-order valence-electron chi connectivity index (χ1n) is 11.3. The smallest absolute Gasteiger partial charge is 0.267 e. The van der Waals surface area contributed by atoms with Gasteiger partial charge in [0.1, 0.15) is 5.75 Å². The molecule has 0 bridgehead atoms. The third-order valence-electron chi connectivity index (χ3n) is 5.66. The summed E-state index contributed by atoms with van der Waals surface area (Å²) in [5, 5.41) is 2.82. The molecule has 0 saturated carbocycles. The second-order valence-corrected chi connectivity index (χ2v) is 10.2. The summed E-state index contributed by atoms with van der Waals surface area (Å²) in [5.74, 6) is 0.0562. The van der Waals surface area contributed by atoms with Gasteiger partial charge in [-0.25, -0.2) is 8.42 Å². The molecule has 1 aliphatic rings. The van der Waals surface area contributed by atoms with E-state index in [1.165, 1.54) is 28.6 Å². The monoisotopic (exact) mass is 488 g/mol. The second-order valence-electron chi connectivity index (χ2n) is 8.30. The van der Waals surface area contributed by atoms with Crippen molar-refractivity contribution in [1.82, 2.24) is 9.21 Å². The van der Waals surface area contributed by atoms with Crippen LogP contribution < -0.4 is 15.0 Å². The third-order valence-corrected chi connectivity index (χ3v) is 7.72. The van der Waals surface area contributed by atoms with Gasteiger partial charge in [0.15, 0.2) is 6.10 Å². The molecule has 0 aliphatic carbocycles. The van der Waals surface area contributed by atoms with Crippen molar-refractivity contribution in [3.63, 3.8) is 0 Å². The van der Waals surface area contributed by atoms with Gasteiger partial charge >= 0.3 is 0 Å². The number of hydrogen-bond acceptors (Lipinski definition) is 6. The van der Waals surface area contributed by atoms with Crippen LogP contribution in [0.4, 0.5) is 11.4 Å². The Hall–Kier alpha value is -2.95. The fourth-order valence-corrected chi connectivity index (χ4v) is 5.17. The van der Waals surface area contributed by atoms with Crippen molar-refractivity contribution in [2.24, 2.45) is 0 Å². The van der Waals surface area contributed by atoms with E-state index in [4.69, 9.17) is 4.74 Å². The van der Waals surface area contributed by atoms with Crippen LogP contribution in [0.5, 0.6) is 5.75 Å². The molecule has 0 aromatic heterocycles. The molecule has 0 spiro atoms. The van der Waals surface area contributed by atoms with Crippen molar-refractivity contribution in [3.05, 3.63) is 48.0 Å². The Labute approximate surface area is 201 Å². The first-order chi connectivity index (χ1) is 16.1. The highest BCUT2D eigenvalue weighted by atomic mass is 32.2. The average molecular weight is 489 g/mol. The Morgan fingerprint density at radius 1 is 1.09 bits per heavy atom. The lowest BCUT2D eigenvalue weighted by atomic mass is 10.1. The maximum absolute atomic E-state index is 12.8. The first-order valence-corrected chi connectivity index (χ1v) is 12.7. The number of carbonyl (C=O) groups excluding carboxylic acids is 2. The van der Waals surface area contributed by atoms with E-state index >= 15 is 0 Å².